The van der Waals surface area contributed by atoms with Gasteiger partial charge in [0.25, 0.3) is 0 Å². The van der Waals surface area contributed by atoms with E-state index in [1.165, 1.54) is 6.92 Å². The third kappa shape index (κ3) is 3.35. The van der Waals surface area contributed by atoms with Gasteiger partial charge in [0.15, 0.2) is 22.4 Å². The lowest BCUT2D eigenvalue weighted by molar-refractivity contribution is -0.114. The summed E-state index contributed by atoms with van der Waals surface area (Å²) in [4.78, 5) is 14.1. The van der Waals surface area contributed by atoms with Crippen molar-refractivity contribution >= 4 is 34.7 Å². The second-order valence-electron chi connectivity index (χ2n) is 5.46. The molecule has 1 aromatic rings. The molecule has 1 aromatic carbocycles. The van der Waals surface area contributed by atoms with Crippen molar-refractivity contribution in [3.63, 3.8) is 0 Å². The summed E-state index contributed by atoms with van der Waals surface area (Å²) in [7, 11) is 0. The molecule has 0 saturated heterocycles. The van der Waals surface area contributed by atoms with E-state index in [0.717, 1.165) is 5.70 Å². The number of ketones is 1. The number of benzene rings is 1. The number of hydrogen-bond acceptors (Lipinski definition) is 4. The van der Waals surface area contributed by atoms with Crippen molar-refractivity contribution in [1.82, 2.24) is 10.2 Å². The number of allylic oxidation sites excluding steroid dienone is 1. The van der Waals surface area contributed by atoms with Crippen molar-refractivity contribution in [2.45, 2.75) is 33.7 Å². The Labute approximate surface area is 152 Å². The maximum absolute atomic E-state index is 12.2. The first-order valence-electron chi connectivity index (χ1n) is 7.76. The normalized spacial score (nSPS) is 17.8. The SMILES string of the molecule is CCOc1cc(C2NC(=S)N(CC)C(C)=C2C(C)=O)cc(Cl)c1O. The van der Waals surface area contributed by atoms with E-state index in [9.17, 15) is 9.90 Å². The van der Waals surface area contributed by atoms with Gasteiger partial charge in [-0.1, -0.05) is 11.6 Å². The lowest BCUT2D eigenvalue weighted by Gasteiger charge is -2.37. The number of rotatable bonds is 5. The third-order valence-electron chi connectivity index (χ3n) is 3.98. The minimum atomic E-state index is -0.435. The van der Waals surface area contributed by atoms with Gasteiger partial charge < -0.3 is 20.1 Å². The minimum Gasteiger partial charge on any atom is -0.503 e. The average molecular weight is 369 g/mol. The fraction of sp³-hybridized carbons (Fsp3) is 0.412. The first kappa shape index (κ1) is 18.5. The fourth-order valence-corrected chi connectivity index (χ4v) is 3.50. The number of carbonyl (C=O) groups excluding carboxylic acids is 1. The number of ether oxygens (including phenoxy) is 1. The van der Waals surface area contributed by atoms with Crippen LogP contribution in [0, 0.1) is 0 Å². The second kappa shape index (κ2) is 7.40. The van der Waals surface area contributed by atoms with Crippen LogP contribution in [0.3, 0.4) is 0 Å². The molecular weight excluding hydrogens is 348 g/mol. The molecule has 0 aromatic heterocycles. The highest BCUT2D eigenvalue weighted by Crippen LogP contribution is 2.40. The van der Waals surface area contributed by atoms with E-state index >= 15 is 0 Å². The molecule has 0 radical (unpaired) electrons. The molecule has 2 rings (SSSR count). The Balaban J connectivity index is 2.60. The summed E-state index contributed by atoms with van der Waals surface area (Å²) < 4.78 is 5.43. The summed E-state index contributed by atoms with van der Waals surface area (Å²) in [5.41, 5.74) is 2.15. The lowest BCUT2D eigenvalue weighted by Crippen LogP contribution is -2.47. The minimum absolute atomic E-state index is 0.0480. The van der Waals surface area contributed by atoms with E-state index in [2.05, 4.69) is 5.32 Å². The van der Waals surface area contributed by atoms with Gasteiger partial charge in [0.05, 0.1) is 17.7 Å². The summed E-state index contributed by atoms with van der Waals surface area (Å²) in [6, 6.07) is 2.87. The maximum Gasteiger partial charge on any atom is 0.176 e. The molecule has 0 spiro atoms. The number of phenolic OH excluding ortho intramolecular Hbond substituents is 1. The zero-order valence-electron chi connectivity index (χ0n) is 14.1. The first-order valence-corrected chi connectivity index (χ1v) is 8.55. The van der Waals surface area contributed by atoms with Gasteiger partial charge in [0.1, 0.15) is 0 Å². The van der Waals surface area contributed by atoms with Crippen LogP contribution in [0.5, 0.6) is 11.5 Å². The number of phenols is 1. The predicted molar refractivity (Wildman–Crippen MR) is 98.5 cm³/mol. The van der Waals surface area contributed by atoms with Gasteiger partial charge in [-0.05, 0) is 57.6 Å². The number of thiocarbonyl (C=S) groups is 1. The van der Waals surface area contributed by atoms with E-state index in [0.29, 0.717) is 29.4 Å². The van der Waals surface area contributed by atoms with Gasteiger partial charge in [0, 0.05) is 17.8 Å². The van der Waals surface area contributed by atoms with Crippen LogP contribution < -0.4 is 10.1 Å². The van der Waals surface area contributed by atoms with E-state index in [4.69, 9.17) is 28.6 Å². The smallest absolute Gasteiger partial charge is 0.176 e. The molecule has 5 nitrogen and oxygen atoms in total. The van der Waals surface area contributed by atoms with Gasteiger partial charge in [0.2, 0.25) is 0 Å². The van der Waals surface area contributed by atoms with Crippen molar-refractivity contribution in [3.8, 4) is 11.5 Å². The Morgan fingerprint density at radius 1 is 1.46 bits per heavy atom. The molecule has 0 aliphatic carbocycles. The van der Waals surface area contributed by atoms with E-state index in [1.54, 1.807) is 12.1 Å². The molecule has 0 saturated carbocycles. The standard InChI is InChI=1S/C17H21ClN2O3S/c1-5-20-9(3)14(10(4)21)15(19-17(20)24)11-7-12(18)16(22)13(8-11)23-6-2/h7-8,15,22H,5-6H2,1-4H3,(H,19,24). The number of nitrogens with one attached hydrogen (secondary N) is 1. The maximum atomic E-state index is 12.2. The third-order valence-corrected chi connectivity index (χ3v) is 4.60. The molecule has 0 fully saturated rings. The molecule has 1 aliphatic heterocycles. The number of nitrogens with zero attached hydrogens (tertiary/aromatic N) is 1. The molecule has 0 amide bonds. The Morgan fingerprint density at radius 2 is 2.12 bits per heavy atom. The van der Waals surface area contributed by atoms with Crippen LogP contribution in [0.4, 0.5) is 0 Å². The summed E-state index contributed by atoms with van der Waals surface area (Å²) in [5, 5.41) is 13.9. The fourth-order valence-electron chi connectivity index (χ4n) is 2.89. The summed E-state index contributed by atoms with van der Waals surface area (Å²) >= 11 is 11.5. The van der Waals surface area contributed by atoms with Crippen LogP contribution in [0.2, 0.25) is 5.02 Å². The number of Topliss-reactive ketones (excluding diaryl/α,β-unsaturated/α-hetero) is 1. The quantitative estimate of drug-likeness (QED) is 0.775. The van der Waals surface area contributed by atoms with Crippen molar-refractivity contribution in [2.75, 3.05) is 13.2 Å². The van der Waals surface area contributed by atoms with Gasteiger partial charge >= 0.3 is 0 Å². The molecule has 1 heterocycles. The Hall–Kier alpha value is -1.79. The van der Waals surface area contributed by atoms with Crippen LogP contribution in [0.1, 0.15) is 39.3 Å². The van der Waals surface area contributed by atoms with Gasteiger partial charge in [-0.15, -0.1) is 0 Å². The molecule has 0 bridgehead atoms. The van der Waals surface area contributed by atoms with Crippen LogP contribution in [-0.2, 0) is 4.79 Å². The summed E-state index contributed by atoms with van der Waals surface area (Å²) in [6.45, 7) is 8.26. The molecule has 1 unspecified atom stereocenters. The zero-order chi connectivity index (χ0) is 18.0. The van der Waals surface area contributed by atoms with Crippen LogP contribution in [0.25, 0.3) is 0 Å². The predicted octanol–water partition coefficient (Wildman–Crippen LogP) is 3.56. The highest BCUT2D eigenvalue weighted by molar-refractivity contribution is 7.80. The average Bonchev–Trinajstić information content (AvgIpc) is 2.51. The van der Waals surface area contributed by atoms with Crippen LogP contribution >= 0.6 is 23.8 Å². The van der Waals surface area contributed by atoms with Crippen LogP contribution in [0.15, 0.2) is 23.4 Å². The zero-order valence-corrected chi connectivity index (χ0v) is 15.7. The van der Waals surface area contributed by atoms with E-state index < -0.39 is 6.04 Å². The molecule has 24 heavy (non-hydrogen) atoms. The van der Waals surface area contributed by atoms with Crippen molar-refractivity contribution < 1.29 is 14.6 Å². The Bertz CT molecular complexity index is 718. The van der Waals surface area contributed by atoms with Gasteiger partial charge in [-0.25, -0.2) is 0 Å². The van der Waals surface area contributed by atoms with Gasteiger partial charge in [-0.2, -0.15) is 0 Å². The number of carbonyl (C=O) groups is 1. The number of aromatic hydroxyl groups is 1. The van der Waals surface area contributed by atoms with E-state index in [-0.39, 0.29) is 22.3 Å². The molecule has 130 valence electrons. The highest BCUT2D eigenvalue weighted by atomic mass is 35.5. The number of halogens is 1. The first-order chi connectivity index (χ1) is 11.3. The number of hydrogen-bond donors (Lipinski definition) is 2. The topological polar surface area (TPSA) is 61.8 Å². The summed E-state index contributed by atoms with van der Waals surface area (Å²) in [6.07, 6.45) is 0. The molecular formula is C17H21ClN2O3S. The molecule has 1 atom stereocenters. The van der Waals surface area contributed by atoms with Crippen molar-refractivity contribution in [1.29, 1.82) is 0 Å². The second-order valence-corrected chi connectivity index (χ2v) is 6.26. The Morgan fingerprint density at radius 3 is 2.67 bits per heavy atom. The van der Waals surface area contributed by atoms with E-state index in [1.807, 2.05) is 25.7 Å². The molecule has 1 aliphatic rings. The van der Waals surface area contributed by atoms with Crippen molar-refractivity contribution in [3.05, 3.63) is 34.0 Å². The molecule has 7 heteroatoms. The largest absolute Gasteiger partial charge is 0.503 e. The van der Waals surface area contributed by atoms with Gasteiger partial charge in [-0.3, -0.25) is 4.79 Å². The summed E-state index contributed by atoms with van der Waals surface area (Å²) in [5.74, 6) is 0.125. The highest BCUT2D eigenvalue weighted by Gasteiger charge is 2.32. The van der Waals surface area contributed by atoms with Crippen molar-refractivity contribution in [2.24, 2.45) is 0 Å². The molecule has 2 N–H and O–H groups in total. The lowest BCUT2D eigenvalue weighted by atomic mass is 9.92. The monoisotopic (exact) mass is 368 g/mol. The van der Waals surface area contributed by atoms with Crippen LogP contribution in [-0.4, -0.2) is 34.1 Å². The Kier molecular flexibility index (Phi) is 5.72.